The maximum Gasteiger partial charge on any atom is 0.237 e. The minimum Gasteiger partial charge on any atom is -0.311 e. The second kappa shape index (κ2) is 6.68. The molecule has 0 saturated heterocycles. The summed E-state index contributed by atoms with van der Waals surface area (Å²) in [5.41, 5.74) is 4.27. The number of carbonyl (C=O) groups excluding carboxylic acids is 1. The van der Waals surface area contributed by atoms with Gasteiger partial charge in [0.05, 0.1) is 11.4 Å². The van der Waals surface area contributed by atoms with Gasteiger partial charge in [0.1, 0.15) is 0 Å². The van der Waals surface area contributed by atoms with Crippen LogP contribution < -0.4 is 4.90 Å². The van der Waals surface area contributed by atoms with E-state index in [0.717, 1.165) is 29.9 Å². The first-order valence-electron chi connectivity index (χ1n) is 8.09. The van der Waals surface area contributed by atoms with Crippen molar-refractivity contribution in [2.24, 2.45) is 0 Å². The van der Waals surface area contributed by atoms with Crippen molar-refractivity contribution >= 4 is 23.4 Å². The molecule has 0 bridgehead atoms. The van der Waals surface area contributed by atoms with Crippen LogP contribution in [-0.4, -0.2) is 38.4 Å². The third-order valence-corrected chi connectivity index (χ3v) is 5.10. The Labute approximate surface area is 149 Å². The lowest BCUT2D eigenvalue weighted by molar-refractivity contribution is -0.116. The summed E-state index contributed by atoms with van der Waals surface area (Å²) in [6, 6.07) is 16.0. The van der Waals surface area contributed by atoms with Gasteiger partial charge in [0.2, 0.25) is 11.1 Å². The second-order valence-corrected chi connectivity index (χ2v) is 6.87. The molecule has 0 fully saturated rings. The van der Waals surface area contributed by atoms with Crippen molar-refractivity contribution < 1.29 is 4.79 Å². The predicted octanol–water partition coefficient (Wildman–Crippen LogP) is 2.65. The standard InChI is InChI=1S/C18H17N5OS/c1-13-5-4-7-15(11-13)23-18(19-20-21-23)25-12-17(24)22-10-9-14-6-2-3-8-16(14)22/h2-8,11H,9-10,12H2,1H3. The molecule has 3 aromatic rings. The Hall–Kier alpha value is -2.67. The normalized spacial score (nSPS) is 13.1. The van der Waals surface area contributed by atoms with E-state index in [1.165, 1.54) is 17.3 Å². The molecule has 1 aliphatic rings. The molecule has 1 amide bonds. The van der Waals surface area contributed by atoms with Crippen molar-refractivity contribution in [1.29, 1.82) is 0 Å². The van der Waals surface area contributed by atoms with Crippen LogP contribution in [0.4, 0.5) is 5.69 Å². The highest BCUT2D eigenvalue weighted by atomic mass is 32.2. The molecule has 0 unspecified atom stereocenters. The number of benzene rings is 2. The molecule has 126 valence electrons. The maximum atomic E-state index is 12.6. The fourth-order valence-electron chi connectivity index (χ4n) is 2.99. The number of hydrogen-bond donors (Lipinski definition) is 0. The zero-order valence-electron chi connectivity index (χ0n) is 13.8. The third kappa shape index (κ3) is 3.15. The molecule has 6 nitrogen and oxygen atoms in total. The molecule has 4 rings (SSSR count). The summed E-state index contributed by atoms with van der Waals surface area (Å²) in [5.74, 6) is 0.384. The van der Waals surface area contributed by atoms with Crippen molar-refractivity contribution in [1.82, 2.24) is 20.2 Å². The Kier molecular flexibility index (Phi) is 4.23. The van der Waals surface area contributed by atoms with Crippen LogP contribution in [0.15, 0.2) is 53.7 Å². The molecule has 1 aliphatic heterocycles. The van der Waals surface area contributed by atoms with Gasteiger partial charge in [-0.3, -0.25) is 4.79 Å². The summed E-state index contributed by atoms with van der Waals surface area (Å²) in [6.07, 6.45) is 0.910. The van der Waals surface area contributed by atoms with Crippen LogP contribution in [0.1, 0.15) is 11.1 Å². The highest BCUT2D eigenvalue weighted by Crippen LogP contribution is 2.28. The van der Waals surface area contributed by atoms with Crippen molar-refractivity contribution in [3.05, 3.63) is 59.7 Å². The maximum absolute atomic E-state index is 12.6. The minimum atomic E-state index is 0.0775. The Morgan fingerprint density at radius 3 is 2.96 bits per heavy atom. The van der Waals surface area contributed by atoms with Gasteiger partial charge in [-0.1, -0.05) is 42.1 Å². The van der Waals surface area contributed by atoms with Gasteiger partial charge in [0.15, 0.2) is 0 Å². The summed E-state index contributed by atoms with van der Waals surface area (Å²) >= 11 is 1.36. The van der Waals surface area contributed by atoms with E-state index in [-0.39, 0.29) is 5.91 Å². The lowest BCUT2D eigenvalue weighted by atomic mass is 10.2. The van der Waals surface area contributed by atoms with Gasteiger partial charge in [0, 0.05) is 12.2 Å². The van der Waals surface area contributed by atoms with E-state index in [2.05, 4.69) is 21.6 Å². The van der Waals surface area contributed by atoms with Gasteiger partial charge in [-0.2, -0.15) is 4.68 Å². The van der Waals surface area contributed by atoms with Crippen LogP contribution in [0.3, 0.4) is 0 Å². The number of anilines is 1. The predicted molar refractivity (Wildman–Crippen MR) is 97.1 cm³/mol. The summed E-state index contributed by atoms with van der Waals surface area (Å²) < 4.78 is 1.67. The molecule has 2 heterocycles. The van der Waals surface area contributed by atoms with Gasteiger partial charge >= 0.3 is 0 Å². The SMILES string of the molecule is Cc1cccc(-n2nnnc2SCC(=O)N2CCc3ccccc32)c1. The summed E-state index contributed by atoms with van der Waals surface area (Å²) in [7, 11) is 0. The van der Waals surface area contributed by atoms with E-state index in [1.807, 2.05) is 54.3 Å². The molecular formula is C18H17N5OS. The first-order chi connectivity index (χ1) is 12.2. The Balaban J connectivity index is 1.48. The van der Waals surface area contributed by atoms with Crippen LogP contribution in [-0.2, 0) is 11.2 Å². The second-order valence-electron chi connectivity index (χ2n) is 5.93. The molecule has 25 heavy (non-hydrogen) atoms. The topological polar surface area (TPSA) is 63.9 Å². The molecule has 0 aliphatic carbocycles. The van der Waals surface area contributed by atoms with Crippen LogP contribution in [0.2, 0.25) is 0 Å². The van der Waals surface area contributed by atoms with Crippen LogP contribution in [0, 0.1) is 6.92 Å². The number of rotatable bonds is 4. The summed E-state index contributed by atoms with van der Waals surface area (Å²) in [6.45, 7) is 2.76. The van der Waals surface area contributed by atoms with Gasteiger partial charge in [-0.15, -0.1) is 5.10 Å². The summed E-state index contributed by atoms with van der Waals surface area (Å²) in [4.78, 5) is 14.5. The Morgan fingerprint density at radius 1 is 1.20 bits per heavy atom. The Morgan fingerprint density at radius 2 is 2.08 bits per heavy atom. The number of aromatic nitrogens is 4. The van der Waals surface area contributed by atoms with E-state index in [1.54, 1.807) is 4.68 Å². The van der Waals surface area contributed by atoms with Crippen molar-refractivity contribution in [3.8, 4) is 5.69 Å². The fourth-order valence-corrected chi connectivity index (χ4v) is 3.76. The Bertz CT molecular complexity index is 923. The zero-order chi connectivity index (χ0) is 17.2. The van der Waals surface area contributed by atoms with E-state index >= 15 is 0 Å². The number of nitrogens with zero attached hydrogens (tertiary/aromatic N) is 5. The number of aryl methyl sites for hydroxylation is 1. The van der Waals surface area contributed by atoms with E-state index < -0.39 is 0 Å². The van der Waals surface area contributed by atoms with Gasteiger partial charge in [0.25, 0.3) is 0 Å². The first kappa shape index (κ1) is 15.8. The van der Waals surface area contributed by atoms with Gasteiger partial charge < -0.3 is 4.90 Å². The summed E-state index contributed by atoms with van der Waals surface area (Å²) in [5, 5.41) is 12.5. The molecule has 0 radical (unpaired) electrons. The minimum absolute atomic E-state index is 0.0775. The highest BCUT2D eigenvalue weighted by Gasteiger charge is 2.24. The molecule has 1 aromatic heterocycles. The molecule has 0 atom stereocenters. The number of tetrazole rings is 1. The lowest BCUT2D eigenvalue weighted by Gasteiger charge is -2.16. The number of hydrogen-bond acceptors (Lipinski definition) is 5. The molecule has 0 N–H and O–H groups in total. The quantitative estimate of drug-likeness (QED) is 0.676. The lowest BCUT2D eigenvalue weighted by Crippen LogP contribution is -2.30. The molecule has 0 saturated carbocycles. The van der Waals surface area contributed by atoms with Crippen LogP contribution in [0.25, 0.3) is 5.69 Å². The van der Waals surface area contributed by atoms with E-state index in [4.69, 9.17) is 0 Å². The highest BCUT2D eigenvalue weighted by molar-refractivity contribution is 7.99. The van der Waals surface area contributed by atoms with Gasteiger partial charge in [-0.05, 0) is 53.1 Å². The molecule has 2 aromatic carbocycles. The largest absolute Gasteiger partial charge is 0.311 e. The zero-order valence-corrected chi connectivity index (χ0v) is 14.6. The van der Waals surface area contributed by atoms with Crippen LogP contribution >= 0.6 is 11.8 Å². The van der Waals surface area contributed by atoms with E-state index in [9.17, 15) is 4.79 Å². The fraction of sp³-hybridized carbons (Fsp3) is 0.222. The third-order valence-electron chi connectivity index (χ3n) is 4.20. The number of para-hydroxylation sites is 1. The molecule has 7 heteroatoms. The van der Waals surface area contributed by atoms with Gasteiger partial charge in [-0.25, -0.2) is 0 Å². The average Bonchev–Trinajstić information content (AvgIpc) is 3.26. The average molecular weight is 351 g/mol. The first-order valence-corrected chi connectivity index (χ1v) is 9.07. The molecule has 0 spiro atoms. The van der Waals surface area contributed by atoms with E-state index in [0.29, 0.717) is 10.9 Å². The number of thioether (sulfide) groups is 1. The van der Waals surface area contributed by atoms with Crippen LogP contribution in [0.5, 0.6) is 0 Å². The smallest absolute Gasteiger partial charge is 0.237 e. The van der Waals surface area contributed by atoms with Crippen molar-refractivity contribution in [2.75, 3.05) is 17.2 Å². The van der Waals surface area contributed by atoms with Crippen molar-refractivity contribution in [2.45, 2.75) is 18.5 Å². The monoisotopic (exact) mass is 351 g/mol. The number of fused-ring (bicyclic) bond motifs is 1. The van der Waals surface area contributed by atoms with Crippen molar-refractivity contribution in [3.63, 3.8) is 0 Å². The number of carbonyl (C=O) groups is 1. The molecular weight excluding hydrogens is 334 g/mol. The number of amides is 1.